The van der Waals surface area contributed by atoms with Crippen molar-refractivity contribution in [2.75, 3.05) is 13.1 Å². The third-order valence-electron chi connectivity index (χ3n) is 4.16. The van der Waals surface area contributed by atoms with E-state index >= 15 is 0 Å². The van der Waals surface area contributed by atoms with E-state index in [-0.39, 0.29) is 12.0 Å². The molecule has 20 heavy (non-hydrogen) atoms. The first kappa shape index (κ1) is 13.9. The van der Waals surface area contributed by atoms with Crippen LogP contribution in [-0.2, 0) is 4.79 Å². The Balaban J connectivity index is 1.55. The number of carbonyl (C=O) groups excluding carboxylic acids is 1. The number of likely N-dealkylation sites (tertiary alicyclic amines) is 1. The van der Waals surface area contributed by atoms with Crippen LogP contribution in [0, 0.1) is 11.8 Å². The summed E-state index contributed by atoms with van der Waals surface area (Å²) < 4.78 is 6.81. The highest BCUT2D eigenvalue weighted by Crippen LogP contribution is 2.37. The third-order valence-corrected chi connectivity index (χ3v) is 4.59. The van der Waals surface area contributed by atoms with Gasteiger partial charge in [0.25, 0.3) is 0 Å². The molecule has 2 atom stereocenters. The molecule has 1 aromatic rings. The van der Waals surface area contributed by atoms with Crippen molar-refractivity contribution in [2.45, 2.75) is 32.3 Å². The van der Waals surface area contributed by atoms with E-state index in [0.717, 1.165) is 23.2 Å². The fourth-order valence-electron chi connectivity index (χ4n) is 2.76. The highest BCUT2D eigenvalue weighted by molar-refractivity contribution is 9.10. The van der Waals surface area contributed by atoms with E-state index in [1.807, 2.05) is 11.0 Å². The van der Waals surface area contributed by atoms with Crippen LogP contribution < -0.4 is 4.74 Å². The van der Waals surface area contributed by atoms with Gasteiger partial charge in [0.15, 0.2) is 0 Å². The van der Waals surface area contributed by atoms with Crippen molar-refractivity contribution in [1.82, 2.24) is 9.88 Å². The standard InChI is InChI=1S/C15H19BrN2O2/c1-10(11-2-3-11)15(19)18-5-4-13(9-18)20-14-6-12(16)7-17-8-14/h6-8,10-11,13H,2-5,9H2,1H3/t10-,13+/m0/s1. The molecule has 0 N–H and O–H groups in total. The predicted octanol–water partition coefficient (Wildman–Crippen LogP) is 2.87. The summed E-state index contributed by atoms with van der Waals surface area (Å²) in [5.41, 5.74) is 0. The van der Waals surface area contributed by atoms with Crippen LogP contribution in [0.1, 0.15) is 26.2 Å². The van der Waals surface area contributed by atoms with E-state index in [9.17, 15) is 4.79 Å². The van der Waals surface area contributed by atoms with Gasteiger partial charge in [-0.2, -0.15) is 0 Å². The van der Waals surface area contributed by atoms with Gasteiger partial charge in [0.05, 0.1) is 12.7 Å². The average Bonchev–Trinajstić information content (AvgIpc) is 3.18. The first-order chi connectivity index (χ1) is 9.63. The van der Waals surface area contributed by atoms with Crippen LogP contribution >= 0.6 is 15.9 Å². The molecule has 1 aliphatic heterocycles. The number of rotatable bonds is 4. The largest absolute Gasteiger partial charge is 0.487 e. The summed E-state index contributed by atoms with van der Waals surface area (Å²) in [7, 11) is 0. The summed E-state index contributed by atoms with van der Waals surface area (Å²) >= 11 is 3.38. The number of aromatic nitrogens is 1. The summed E-state index contributed by atoms with van der Waals surface area (Å²) in [6.07, 6.45) is 6.85. The highest BCUT2D eigenvalue weighted by atomic mass is 79.9. The second kappa shape index (κ2) is 5.72. The predicted molar refractivity (Wildman–Crippen MR) is 79.4 cm³/mol. The molecule has 108 valence electrons. The number of ether oxygens (including phenoxy) is 1. The topological polar surface area (TPSA) is 42.4 Å². The Kier molecular flexibility index (Phi) is 3.96. The van der Waals surface area contributed by atoms with Gasteiger partial charge in [-0.3, -0.25) is 9.78 Å². The molecular formula is C15H19BrN2O2. The summed E-state index contributed by atoms with van der Waals surface area (Å²) in [6, 6.07) is 1.91. The molecule has 0 spiro atoms. The number of nitrogens with zero attached hydrogens (tertiary/aromatic N) is 2. The Morgan fingerprint density at radius 1 is 1.45 bits per heavy atom. The fourth-order valence-corrected chi connectivity index (χ4v) is 3.10. The van der Waals surface area contributed by atoms with Crippen molar-refractivity contribution in [2.24, 2.45) is 11.8 Å². The first-order valence-electron chi connectivity index (χ1n) is 7.19. The molecule has 1 aromatic heterocycles. The van der Waals surface area contributed by atoms with Gasteiger partial charge in [0, 0.05) is 29.6 Å². The van der Waals surface area contributed by atoms with Gasteiger partial charge >= 0.3 is 0 Å². The quantitative estimate of drug-likeness (QED) is 0.847. The maximum Gasteiger partial charge on any atom is 0.225 e. The van der Waals surface area contributed by atoms with Gasteiger partial charge in [-0.25, -0.2) is 0 Å². The summed E-state index contributed by atoms with van der Waals surface area (Å²) in [5, 5.41) is 0. The number of carbonyl (C=O) groups is 1. The number of amides is 1. The van der Waals surface area contributed by atoms with Crippen LogP contribution in [-0.4, -0.2) is 35.0 Å². The first-order valence-corrected chi connectivity index (χ1v) is 7.99. The molecule has 2 heterocycles. The van der Waals surface area contributed by atoms with Crippen LogP contribution in [0.2, 0.25) is 0 Å². The van der Waals surface area contributed by atoms with Gasteiger partial charge in [-0.15, -0.1) is 0 Å². The summed E-state index contributed by atoms with van der Waals surface area (Å²) in [4.78, 5) is 18.4. The van der Waals surface area contributed by atoms with Gasteiger partial charge in [-0.05, 0) is 40.8 Å². The molecular weight excluding hydrogens is 320 g/mol. The van der Waals surface area contributed by atoms with Gasteiger partial charge in [0.2, 0.25) is 5.91 Å². The number of halogens is 1. The second-order valence-electron chi connectivity index (χ2n) is 5.78. The molecule has 2 fully saturated rings. The molecule has 3 rings (SSSR count). The van der Waals surface area contributed by atoms with Crippen molar-refractivity contribution in [3.05, 3.63) is 22.9 Å². The Morgan fingerprint density at radius 2 is 2.25 bits per heavy atom. The summed E-state index contributed by atoms with van der Waals surface area (Å²) in [5.74, 6) is 1.86. The summed E-state index contributed by atoms with van der Waals surface area (Å²) in [6.45, 7) is 3.57. The Hall–Kier alpha value is -1.10. The SMILES string of the molecule is C[C@H](C(=O)N1CC[C@@H](Oc2cncc(Br)c2)C1)C1CC1. The minimum absolute atomic E-state index is 0.0847. The zero-order valence-electron chi connectivity index (χ0n) is 11.6. The van der Waals surface area contributed by atoms with Crippen LogP contribution in [0.25, 0.3) is 0 Å². The van der Waals surface area contributed by atoms with E-state index in [0.29, 0.717) is 18.4 Å². The van der Waals surface area contributed by atoms with Crippen LogP contribution in [0.15, 0.2) is 22.9 Å². The third kappa shape index (κ3) is 3.14. The monoisotopic (exact) mass is 338 g/mol. The molecule has 0 aromatic carbocycles. The average molecular weight is 339 g/mol. The van der Waals surface area contributed by atoms with Crippen molar-refractivity contribution in [3.8, 4) is 5.75 Å². The van der Waals surface area contributed by atoms with E-state index in [2.05, 4.69) is 27.8 Å². The minimum Gasteiger partial charge on any atom is -0.487 e. The fraction of sp³-hybridized carbons (Fsp3) is 0.600. The molecule has 1 aliphatic carbocycles. The molecule has 5 heteroatoms. The molecule has 4 nitrogen and oxygen atoms in total. The highest BCUT2D eigenvalue weighted by Gasteiger charge is 2.37. The second-order valence-corrected chi connectivity index (χ2v) is 6.69. The zero-order chi connectivity index (χ0) is 14.1. The minimum atomic E-state index is 0.0847. The molecule has 2 aliphatic rings. The van der Waals surface area contributed by atoms with Crippen LogP contribution in [0.3, 0.4) is 0 Å². The van der Waals surface area contributed by atoms with Crippen molar-refractivity contribution < 1.29 is 9.53 Å². The Bertz CT molecular complexity index is 504. The molecule has 1 amide bonds. The van der Waals surface area contributed by atoms with E-state index < -0.39 is 0 Å². The van der Waals surface area contributed by atoms with Crippen LogP contribution in [0.4, 0.5) is 0 Å². The van der Waals surface area contributed by atoms with E-state index in [4.69, 9.17) is 4.74 Å². The number of pyridine rings is 1. The lowest BCUT2D eigenvalue weighted by Gasteiger charge is -2.21. The Morgan fingerprint density at radius 3 is 2.95 bits per heavy atom. The van der Waals surface area contributed by atoms with Crippen molar-refractivity contribution >= 4 is 21.8 Å². The lowest BCUT2D eigenvalue weighted by Crippen LogP contribution is -2.35. The van der Waals surface area contributed by atoms with Crippen LogP contribution in [0.5, 0.6) is 5.75 Å². The molecule has 0 bridgehead atoms. The van der Waals surface area contributed by atoms with E-state index in [1.54, 1.807) is 12.4 Å². The lowest BCUT2D eigenvalue weighted by molar-refractivity contribution is -0.134. The van der Waals surface area contributed by atoms with Crippen molar-refractivity contribution in [3.63, 3.8) is 0 Å². The van der Waals surface area contributed by atoms with Gasteiger partial charge < -0.3 is 9.64 Å². The number of hydrogen-bond acceptors (Lipinski definition) is 3. The lowest BCUT2D eigenvalue weighted by atomic mass is 10.1. The zero-order valence-corrected chi connectivity index (χ0v) is 13.2. The smallest absolute Gasteiger partial charge is 0.225 e. The van der Waals surface area contributed by atoms with Crippen molar-refractivity contribution in [1.29, 1.82) is 0 Å². The maximum atomic E-state index is 12.3. The Labute approximate surface area is 127 Å². The normalized spacial score (nSPS) is 23.7. The molecule has 1 saturated heterocycles. The number of hydrogen-bond donors (Lipinski definition) is 0. The van der Waals surface area contributed by atoms with Gasteiger partial charge in [0.1, 0.15) is 11.9 Å². The van der Waals surface area contributed by atoms with E-state index in [1.165, 1.54) is 12.8 Å². The molecule has 0 radical (unpaired) electrons. The molecule has 1 saturated carbocycles. The maximum absolute atomic E-state index is 12.3. The van der Waals surface area contributed by atoms with Gasteiger partial charge in [-0.1, -0.05) is 6.92 Å². The molecule has 0 unspecified atom stereocenters.